The number of hydroxylamine groups is 3. The third-order valence-electron chi connectivity index (χ3n) is 6.41. The molecule has 2 aromatic carbocycles. The molecule has 8 nitrogen and oxygen atoms in total. The summed E-state index contributed by atoms with van der Waals surface area (Å²) in [7, 11) is 1.57. The molecule has 0 aliphatic carbocycles. The Kier molecular flexibility index (Phi) is 9.65. The van der Waals surface area contributed by atoms with Gasteiger partial charge in [0.15, 0.2) is 6.79 Å². The standard InChI is InChI=1S/C27H36N2O6/c1-4-21-15-23(16-22(5-2)25(21)34-19-33-3)26(30)28-24-13-9-10-14-29(17-24,27(31)32)35-18-20-11-7-6-8-12-20/h6-8,11-12,15-16,24H,4-5,9-10,13-14,17-19H2,1-3H3,(H-,28,30,31,32). The molecule has 1 fully saturated rings. The van der Waals surface area contributed by atoms with Crippen molar-refractivity contribution in [3.63, 3.8) is 0 Å². The summed E-state index contributed by atoms with van der Waals surface area (Å²) >= 11 is 0. The van der Waals surface area contributed by atoms with Crippen molar-refractivity contribution in [3.8, 4) is 5.75 Å². The quantitative estimate of drug-likeness (QED) is 0.410. The van der Waals surface area contributed by atoms with Gasteiger partial charge in [0.1, 0.15) is 25.4 Å². The maximum absolute atomic E-state index is 13.3. The normalized spacial score (nSPS) is 20.1. The highest BCUT2D eigenvalue weighted by Gasteiger charge is 2.39. The molecule has 0 bridgehead atoms. The monoisotopic (exact) mass is 484 g/mol. The summed E-state index contributed by atoms with van der Waals surface area (Å²) in [6.07, 6.45) is 2.24. The van der Waals surface area contributed by atoms with E-state index in [0.29, 0.717) is 37.8 Å². The number of hydrogen-bond donors (Lipinski definition) is 1. The lowest BCUT2D eigenvalue weighted by Crippen LogP contribution is -2.62. The number of hydrogen-bond acceptors (Lipinski definition) is 6. The van der Waals surface area contributed by atoms with Crippen molar-refractivity contribution in [1.29, 1.82) is 0 Å². The van der Waals surface area contributed by atoms with Gasteiger partial charge in [0, 0.05) is 19.1 Å². The molecule has 2 aromatic rings. The first-order valence-electron chi connectivity index (χ1n) is 12.3. The van der Waals surface area contributed by atoms with Crippen molar-refractivity contribution in [3.05, 3.63) is 64.7 Å². The molecule has 1 heterocycles. The van der Waals surface area contributed by atoms with Crippen LogP contribution in [0.3, 0.4) is 0 Å². The van der Waals surface area contributed by atoms with Gasteiger partial charge in [-0.15, -0.1) is 4.65 Å². The minimum Gasteiger partial charge on any atom is -0.496 e. The van der Waals surface area contributed by atoms with Crippen LogP contribution in [0.4, 0.5) is 4.79 Å². The molecular weight excluding hydrogens is 448 g/mol. The molecule has 1 aliphatic heterocycles. The molecule has 3 rings (SSSR count). The van der Waals surface area contributed by atoms with Crippen LogP contribution in [0.15, 0.2) is 42.5 Å². The summed E-state index contributed by atoms with van der Waals surface area (Å²) in [5, 5.41) is 15.3. The van der Waals surface area contributed by atoms with E-state index < -0.39 is 10.7 Å². The molecule has 1 aliphatic rings. The summed E-state index contributed by atoms with van der Waals surface area (Å²) in [5.41, 5.74) is 3.27. The summed E-state index contributed by atoms with van der Waals surface area (Å²) in [6, 6.07) is 12.7. The highest BCUT2D eigenvalue weighted by molar-refractivity contribution is 5.95. The van der Waals surface area contributed by atoms with Crippen LogP contribution in [-0.4, -0.2) is 49.7 Å². The lowest BCUT2D eigenvalue weighted by Gasteiger charge is -2.35. The highest BCUT2D eigenvalue weighted by atomic mass is 16.7. The van der Waals surface area contributed by atoms with Crippen molar-refractivity contribution >= 4 is 12.0 Å². The number of likely N-dealkylation sites (tertiary alicyclic amines) is 1. The van der Waals surface area contributed by atoms with Gasteiger partial charge in [0.25, 0.3) is 12.0 Å². The first kappa shape index (κ1) is 26.7. The fraction of sp³-hybridized carbons (Fsp3) is 0.481. The summed E-state index contributed by atoms with van der Waals surface area (Å²) in [4.78, 5) is 31.4. The Labute approximate surface area is 207 Å². The minimum absolute atomic E-state index is 0.108. The van der Waals surface area contributed by atoms with Crippen LogP contribution in [0.25, 0.3) is 0 Å². The molecule has 1 saturated heterocycles. The van der Waals surface area contributed by atoms with E-state index in [1.165, 1.54) is 0 Å². The molecule has 0 aromatic heterocycles. The van der Waals surface area contributed by atoms with E-state index in [4.69, 9.17) is 14.3 Å². The van der Waals surface area contributed by atoms with Gasteiger partial charge in [-0.25, -0.2) is 0 Å². The topological polar surface area (TPSA) is 96.9 Å². The molecule has 2 amide bonds. The molecule has 190 valence electrons. The van der Waals surface area contributed by atoms with E-state index in [0.717, 1.165) is 28.9 Å². The lowest BCUT2D eigenvalue weighted by atomic mass is 9.99. The summed E-state index contributed by atoms with van der Waals surface area (Å²) < 4.78 is 10.2. The van der Waals surface area contributed by atoms with E-state index in [1.54, 1.807) is 7.11 Å². The second-order valence-corrected chi connectivity index (χ2v) is 8.87. The van der Waals surface area contributed by atoms with Crippen molar-refractivity contribution in [2.24, 2.45) is 0 Å². The molecule has 35 heavy (non-hydrogen) atoms. The van der Waals surface area contributed by atoms with Crippen LogP contribution in [0.1, 0.15) is 60.2 Å². The van der Waals surface area contributed by atoms with Crippen LogP contribution < -0.4 is 15.2 Å². The molecular formula is C27H36N2O6. The third-order valence-corrected chi connectivity index (χ3v) is 6.41. The van der Waals surface area contributed by atoms with Crippen molar-refractivity contribution < 1.29 is 33.7 Å². The number of aryl methyl sites for hydroxylation is 2. The van der Waals surface area contributed by atoms with Gasteiger partial charge in [-0.05, 0) is 54.5 Å². The molecule has 8 heteroatoms. The van der Waals surface area contributed by atoms with Gasteiger partial charge in [-0.1, -0.05) is 44.2 Å². The number of carbonyl (C=O) groups is 2. The third kappa shape index (κ3) is 6.81. The second-order valence-electron chi connectivity index (χ2n) is 8.87. The number of ether oxygens (including phenoxy) is 2. The molecule has 2 atom stereocenters. The Hall–Kier alpha value is -2.94. The predicted molar refractivity (Wildman–Crippen MR) is 129 cm³/mol. The zero-order valence-corrected chi connectivity index (χ0v) is 20.9. The minimum atomic E-state index is -1.29. The Bertz CT molecular complexity index is 971. The van der Waals surface area contributed by atoms with Crippen LogP contribution in [0.5, 0.6) is 5.75 Å². The van der Waals surface area contributed by atoms with Crippen molar-refractivity contribution in [1.82, 2.24) is 5.32 Å². The van der Waals surface area contributed by atoms with Crippen molar-refractivity contribution in [2.45, 2.75) is 58.6 Å². The predicted octanol–water partition coefficient (Wildman–Crippen LogP) is 3.37. The number of nitrogens with one attached hydrogen (secondary N) is 1. The van der Waals surface area contributed by atoms with E-state index in [9.17, 15) is 14.7 Å². The van der Waals surface area contributed by atoms with Crippen LogP contribution in [0, 0.1) is 0 Å². The average molecular weight is 485 g/mol. The fourth-order valence-corrected chi connectivity index (χ4v) is 4.51. The molecule has 1 N–H and O–H groups in total. The zero-order chi connectivity index (χ0) is 25.3. The Morgan fingerprint density at radius 1 is 1.09 bits per heavy atom. The largest absolute Gasteiger partial charge is 0.496 e. The lowest BCUT2D eigenvalue weighted by molar-refractivity contribution is -1.06. The van der Waals surface area contributed by atoms with Crippen molar-refractivity contribution in [2.75, 3.05) is 27.0 Å². The number of rotatable bonds is 10. The Morgan fingerprint density at radius 2 is 1.77 bits per heavy atom. The molecule has 0 saturated carbocycles. The highest BCUT2D eigenvalue weighted by Crippen LogP contribution is 2.28. The maximum atomic E-state index is 13.3. The number of quaternary nitrogens is 1. The fourth-order valence-electron chi connectivity index (χ4n) is 4.51. The molecule has 0 radical (unpaired) electrons. The number of methoxy groups -OCH3 is 1. The van der Waals surface area contributed by atoms with Gasteiger partial charge in [0.2, 0.25) is 0 Å². The maximum Gasteiger partial charge on any atom is 0.292 e. The molecule has 0 spiro atoms. The molecule has 2 unspecified atom stereocenters. The number of amides is 2. The smallest absolute Gasteiger partial charge is 0.292 e. The van der Waals surface area contributed by atoms with Crippen LogP contribution in [-0.2, 0) is 29.0 Å². The Morgan fingerprint density at radius 3 is 2.37 bits per heavy atom. The first-order valence-corrected chi connectivity index (χ1v) is 12.3. The summed E-state index contributed by atoms with van der Waals surface area (Å²) in [6.45, 7) is 4.72. The second kappa shape index (κ2) is 12.7. The summed E-state index contributed by atoms with van der Waals surface area (Å²) in [5.74, 6) is 0.518. The van der Waals surface area contributed by atoms with E-state index >= 15 is 0 Å². The van der Waals surface area contributed by atoms with Gasteiger partial charge in [0.05, 0.1) is 6.04 Å². The van der Waals surface area contributed by atoms with Gasteiger partial charge in [-0.3, -0.25) is 4.79 Å². The van der Waals surface area contributed by atoms with Gasteiger partial charge >= 0.3 is 0 Å². The van der Waals surface area contributed by atoms with E-state index in [1.807, 2.05) is 56.3 Å². The van der Waals surface area contributed by atoms with E-state index in [2.05, 4.69) is 5.32 Å². The van der Waals surface area contributed by atoms with Crippen LogP contribution in [0.2, 0.25) is 0 Å². The van der Waals surface area contributed by atoms with Gasteiger partial charge in [-0.2, -0.15) is 4.84 Å². The Balaban J connectivity index is 1.78. The average Bonchev–Trinajstić information content (AvgIpc) is 3.09. The number of benzene rings is 2. The zero-order valence-electron chi connectivity index (χ0n) is 20.9. The van der Waals surface area contributed by atoms with E-state index in [-0.39, 0.29) is 31.9 Å². The number of carbonyl (C=O) groups excluding carboxylic acids is 2. The van der Waals surface area contributed by atoms with Gasteiger partial charge < -0.3 is 24.7 Å². The number of nitrogens with zero attached hydrogens (tertiary/aromatic N) is 1. The SMILES string of the molecule is CCc1cc(C(=O)NC2CCCC[N+](OCc3ccccc3)(C(=O)[O-])C2)cc(CC)c1OCOC. The van der Waals surface area contributed by atoms with Crippen LogP contribution >= 0.6 is 0 Å². The first-order chi connectivity index (χ1) is 16.9. The number of carboxylic acid groups (broad SMARTS) is 1.